The van der Waals surface area contributed by atoms with Crippen LogP contribution in [0.2, 0.25) is 0 Å². The number of hydrogen-bond acceptors (Lipinski definition) is 6. The van der Waals surface area contributed by atoms with Gasteiger partial charge in [0.15, 0.2) is 17.5 Å². The normalized spacial score (nSPS) is 11.9. The zero-order valence-corrected chi connectivity index (χ0v) is 39.9. The van der Waals surface area contributed by atoms with Gasteiger partial charge in [-0.05, 0) is 72.3 Å². The first-order chi connectivity index (χ1) is 35.6. The topological polar surface area (TPSA) is 72.3 Å². The summed E-state index contributed by atoms with van der Waals surface area (Å²) >= 11 is 3.65. The minimum Gasteiger partial charge on any atom is -0.308 e. The number of hydrogen-bond donors (Lipinski definition) is 0. The molecule has 0 fully saturated rings. The molecular formula is C64H36N6S2. The summed E-state index contributed by atoms with van der Waals surface area (Å²) in [6.07, 6.45) is 0. The van der Waals surface area contributed by atoms with Crippen molar-refractivity contribution >= 4 is 107 Å². The van der Waals surface area contributed by atoms with Gasteiger partial charge in [-0.15, -0.1) is 22.7 Å². The van der Waals surface area contributed by atoms with Crippen molar-refractivity contribution in [3.63, 3.8) is 0 Å². The molecule has 0 aliphatic carbocycles. The zero-order valence-electron chi connectivity index (χ0n) is 38.3. The Bertz CT molecular complexity index is 4710. The average Bonchev–Trinajstić information content (AvgIpc) is 4.19. The summed E-state index contributed by atoms with van der Waals surface area (Å²) in [6.45, 7) is 0. The summed E-state index contributed by atoms with van der Waals surface area (Å²) in [5.74, 6) is 1.71. The zero-order chi connectivity index (χ0) is 47.4. The second-order valence-corrected chi connectivity index (χ2v) is 20.4. The maximum Gasteiger partial charge on any atom is 0.166 e. The highest BCUT2D eigenvalue weighted by molar-refractivity contribution is 7.26. The summed E-state index contributed by atoms with van der Waals surface area (Å²) < 4.78 is 9.67. The van der Waals surface area contributed by atoms with Crippen molar-refractivity contribution in [2.75, 3.05) is 0 Å². The average molecular weight is 953 g/mol. The monoisotopic (exact) mass is 952 g/mol. The molecule has 0 spiro atoms. The van der Waals surface area contributed by atoms with E-state index in [1.165, 1.54) is 40.3 Å². The molecular weight excluding hydrogens is 917 g/mol. The number of benzene rings is 10. The Hall–Kier alpha value is -9.26. The molecule has 0 unspecified atom stereocenters. The lowest BCUT2D eigenvalue weighted by atomic mass is 9.96. The second-order valence-electron chi connectivity index (χ2n) is 18.2. The Labute approximate surface area is 420 Å². The van der Waals surface area contributed by atoms with E-state index in [0.29, 0.717) is 23.0 Å². The maximum atomic E-state index is 11.5. The molecule has 0 aliphatic rings. The fraction of sp³-hybridized carbons (Fsp3) is 0. The van der Waals surface area contributed by atoms with E-state index in [4.69, 9.17) is 15.0 Å². The van der Waals surface area contributed by atoms with Gasteiger partial charge in [-0.2, -0.15) is 5.26 Å². The van der Waals surface area contributed by atoms with Crippen LogP contribution in [0.25, 0.3) is 141 Å². The van der Waals surface area contributed by atoms with Crippen molar-refractivity contribution in [1.82, 2.24) is 24.1 Å². The van der Waals surface area contributed by atoms with E-state index in [9.17, 15) is 5.26 Å². The van der Waals surface area contributed by atoms with Crippen LogP contribution in [-0.2, 0) is 0 Å². The van der Waals surface area contributed by atoms with Crippen molar-refractivity contribution in [1.29, 1.82) is 5.26 Å². The fourth-order valence-corrected chi connectivity index (χ4v) is 13.2. The highest BCUT2D eigenvalue weighted by Crippen LogP contribution is 2.45. The van der Waals surface area contributed by atoms with Crippen LogP contribution in [0.15, 0.2) is 218 Å². The van der Waals surface area contributed by atoms with E-state index in [1.54, 1.807) is 0 Å². The summed E-state index contributed by atoms with van der Waals surface area (Å²) in [7, 11) is 0. The second kappa shape index (κ2) is 15.9. The van der Waals surface area contributed by atoms with Crippen LogP contribution in [0.5, 0.6) is 0 Å². The SMILES string of the molecule is N#Cc1c(-c2ccc(-c3nc(-c4ccccc4)nc(-c4ccccc4)n3)c(-n3c4ccccc4c4cc5sc6ccccc6c5cc43)c2)cccc1-n1c2ccccc2c2cc3sc4ccccc4c3cc21. The number of thiophene rings is 2. The fourth-order valence-electron chi connectivity index (χ4n) is 11.0. The van der Waals surface area contributed by atoms with Crippen LogP contribution in [0.3, 0.4) is 0 Å². The van der Waals surface area contributed by atoms with E-state index >= 15 is 0 Å². The molecule has 0 radical (unpaired) electrons. The van der Waals surface area contributed by atoms with Gasteiger partial charge in [-0.1, -0.05) is 152 Å². The van der Waals surface area contributed by atoms with Gasteiger partial charge in [0.25, 0.3) is 0 Å². The lowest BCUT2D eigenvalue weighted by Gasteiger charge is -2.18. The summed E-state index contributed by atoms with van der Waals surface area (Å²) in [5, 5.41) is 21.0. The molecule has 15 aromatic rings. The van der Waals surface area contributed by atoms with Crippen molar-refractivity contribution in [2.45, 2.75) is 0 Å². The van der Waals surface area contributed by atoms with Gasteiger partial charge in [-0.3, -0.25) is 0 Å². The van der Waals surface area contributed by atoms with E-state index in [1.807, 2.05) is 83.3 Å². The van der Waals surface area contributed by atoms with Gasteiger partial charge in [0.2, 0.25) is 0 Å². The standard InChI is InChI=1S/C64H36N6S2/c65-37-51-41(24-15-27-54(51)69-52-25-11-7-20-42(52)47-35-60-49(33-56(47)69)44-22-9-13-28-58(44)71-60)40-30-31-46(64-67-62(38-16-3-1-4-17-38)66-63(68-64)39-18-5-2-6-19-39)55(32-40)70-53-26-12-8-21-43(53)48-36-61-50(34-57(48)70)45-23-10-14-29-59(45)72-61/h1-36H. The van der Waals surface area contributed by atoms with Crippen LogP contribution in [0.1, 0.15) is 5.56 Å². The Kier molecular flexibility index (Phi) is 8.96. The predicted molar refractivity (Wildman–Crippen MR) is 301 cm³/mol. The number of nitriles is 1. The quantitative estimate of drug-likeness (QED) is 0.166. The molecule has 5 aromatic heterocycles. The molecule has 10 aromatic carbocycles. The minimum atomic E-state index is 0.545. The molecule has 5 heterocycles. The molecule has 0 saturated carbocycles. The first-order valence-electron chi connectivity index (χ1n) is 23.9. The minimum absolute atomic E-state index is 0.545. The van der Waals surface area contributed by atoms with Crippen molar-refractivity contribution in [3.05, 3.63) is 224 Å². The van der Waals surface area contributed by atoms with E-state index in [-0.39, 0.29) is 0 Å². The third-order valence-electron chi connectivity index (χ3n) is 14.2. The van der Waals surface area contributed by atoms with Gasteiger partial charge in [0.05, 0.1) is 39.0 Å². The molecule has 0 atom stereocenters. The van der Waals surface area contributed by atoms with Crippen molar-refractivity contribution < 1.29 is 0 Å². The van der Waals surface area contributed by atoms with Crippen LogP contribution < -0.4 is 0 Å². The van der Waals surface area contributed by atoms with Crippen LogP contribution in [0, 0.1) is 11.3 Å². The molecule has 0 amide bonds. The lowest BCUT2D eigenvalue weighted by molar-refractivity contribution is 1.06. The van der Waals surface area contributed by atoms with Gasteiger partial charge < -0.3 is 9.13 Å². The highest BCUT2D eigenvalue weighted by Gasteiger charge is 2.24. The van der Waals surface area contributed by atoms with E-state index < -0.39 is 0 Å². The molecule has 8 heteroatoms. The number of fused-ring (bicyclic) bond motifs is 12. The van der Waals surface area contributed by atoms with Gasteiger partial charge in [0.1, 0.15) is 6.07 Å². The van der Waals surface area contributed by atoms with Crippen molar-refractivity contribution in [2.24, 2.45) is 0 Å². The molecule has 0 N–H and O–H groups in total. The summed E-state index contributed by atoms with van der Waals surface area (Å²) in [4.78, 5) is 15.7. The number of aromatic nitrogens is 5. The molecule has 334 valence electrons. The van der Waals surface area contributed by atoms with Gasteiger partial charge in [0, 0.05) is 84.1 Å². The van der Waals surface area contributed by atoms with Gasteiger partial charge in [-0.25, -0.2) is 15.0 Å². The van der Waals surface area contributed by atoms with Crippen LogP contribution in [0.4, 0.5) is 0 Å². The smallest absolute Gasteiger partial charge is 0.166 e. The first kappa shape index (κ1) is 40.6. The first-order valence-corrected chi connectivity index (χ1v) is 25.5. The Morgan fingerprint density at radius 2 is 0.806 bits per heavy atom. The highest BCUT2D eigenvalue weighted by atomic mass is 32.1. The van der Waals surface area contributed by atoms with Gasteiger partial charge >= 0.3 is 0 Å². The Morgan fingerprint density at radius 3 is 1.36 bits per heavy atom. The van der Waals surface area contributed by atoms with Crippen LogP contribution >= 0.6 is 22.7 Å². The predicted octanol–water partition coefficient (Wildman–Crippen LogP) is 17.3. The maximum absolute atomic E-state index is 11.5. The molecule has 0 aliphatic heterocycles. The number of rotatable bonds is 6. The molecule has 0 bridgehead atoms. The Morgan fingerprint density at radius 1 is 0.319 bits per heavy atom. The molecule has 0 saturated heterocycles. The lowest BCUT2D eigenvalue weighted by Crippen LogP contribution is -2.04. The summed E-state index contributed by atoms with van der Waals surface area (Å²) in [5.41, 5.74) is 10.9. The molecule has 72 heavy (non-hydrogen) atoms. The summed E-state index contributed by atoms with van der Waals surface area (Å²) in [6, 6.07) is 79.6. The molecule has 6 nitrogen and oxygen atoms in total. The largest absolute Gasteiger partial charge is 0.308 e. The third-order valence-corrected chi connectivity index (χ3v) is 16.5. The Balaban J connectivity index is 1.02. The van der Waals surface area contributed by atoms with Crippen LogP contribution in [-0.4, -0.2) is 24.1 Å². The van der Waals surface area contributed by atoms with Crippen molar-refractivity contribution in [3.8, 4) is 62.7 Å². The number of nitrogens with zero attached hydrogens (tertiary/aromatic N) is 6. The van der Waals surface area contributed by atoms with E-state index in [0.717, 1.165) is 82.8 Å². The van der Waals surface area contributed by atoms with E-state index in [2.05, 4.69) is 173 Å². The third kappa shape index (κ3) is 6.15. The number of para-hydroxylation sites is 2. The molecule has 15 rings (SSSR count).